The highest BCUT2D eigenvalue weighted by atomic mass is 35.5. The minimum absolute atomic E-state index is 0. The van der Waals surface area contributed by atoms with Crippen molar-refractivity contribution in [3.05, 3.63) is 63.1 Å². The molecule has 3 fully saturated rings. The quantitative estimate of drug-likeness (QED) is 0.251. The summed E-state index contributed by atoms with van der Waals surface area (Å²) < 4.78 is 30.8. The average Bonchev–Trinajstić information content (AvgIpc) is 3.83. The molecule has 1 unspecified atom stereocenters. The maximum Gasteiger partial charge on any atom is 0.258 e. The van der Waals surface area contributed by atoms with Crippen LogP contribution in [-0.2, 0) is 9.92 Å². The fourth-order valence-electron chi connectivity index (χ4n) is 5.94. The van der Waals surface area contributed by atoms with Gasteiger partial charge in [-0.05, 0) is 123 Å². The lowest BCUT2D eigenvalue weighted by Gasteiger charge is -2.46. The number of benzene rings is 2. The highest BCUT2D eigenvalue weighted by molar-refractivity contribution is 7.93. The van der Waals surface area contributed by atoms with E-state index in [1.165, 1.54) is 0 Å². The molecule has 2 aromatic rings. The summed E-state index contributed by atoms with van der Waals surface area (Å²) in [4.78, 5) is 16.6. The van der Waals surface area contributed by atoms with Crippen molar-refractivity contribution in [3.8, 4) is 5.75 Å². The monoisotopic (exact) mass is 697 g/mol. The number of likely N-dealkylation sites (tertiary alicyclic amines) is 1. The van der Waals surface area contributed by atoms with Gasteiger partial charge in [-0.25, -0.2) is 8.99 Å². The second-order valence-corrected chi connectivity index (χ2v) is 22.8. The van der Waals surface area contributed by atoms with Crippen molar-refractivity contribution in [2.45, 2.75) is 102 Å². The van der Waals surface area contributed by atoms with Gasteiger partial charge in [0.1, 0.15) is 15.7 Å². The molecular weight excluding hydrogens is 650 g/mol. The number of nitrogens with zero attached hydrogens (tertiary/aromatic N) is 2. The van der Waals surface area contributed by atoms with Crippen LogP contribution in [0, 0.1) is 10.7 Å². The predicted octanol–water partition coefficient (Wildman–Crippen LogP) is 9.41. The number of amides is 1. The molecule has 1 saturated heterocycles. The van der Waals surface area contributed by atoms with E-state index in [9.17, 15) is 9.00 Å². The normalized spacial score (nSPS) is 20.4. The van der Waals surface area contributed by atoms with Gasteiger partial charge in [-0.15, -0.1) is 0 Å². The number of hydrogen-bond donors (Lipinski definition) is 1. The minimum Gasteiger partial charge on any atom is -0.493 e. The summed E-state index contributed by atoms with van der Waals surface area (Å²) in [6.45, 7) is 15.3. The Balaban J connectivity index is 0.00000442. The molecule has 0 aromatic heterocycles. The van der Waals surface area contributed by atoms with E-state index >= 15 is 0 Å². The first kappa shape index (κ1) is 35.6. The zero-order valence-electron chi connectivity index (χ0n) is 26.9. The third-order valence-corrected chi connectivity index (χ3v) is 19.7. The summed E-state index contributed by atoms with van der Waals surface area (Å²) in [5.74, 6) is 1.45. The van der Waals surface area contributed by atoms with Crippen LogP contribution in [0.4, 0.5) is 0 Å². The van der Waals surface area contributed by atoms with Gasteiger partial charge in [0.2, 0.25) is 0 Å². The molecular formula is C33H49Cl2N3O3S2Si. The third kappa shape index (κ3) is 7.66. The van der Waals surface area contributed by atoms with E-state index in [1.54, 1.807) is 10.0 Å². The number of carbonyl (C=O) groups is 1. The molecule has 11 heteroatoms. The predicted molar refractivity (Wildman–Crippen MR) is 191 cm³/mol. The fraction of sp³-hybridized carbons (Fsp3) is 0.606. The number of nitrogens with one attached hydrogen (secondary N) is 1. The maximum atomic E-state index is 14.2. The van der Waals surface area contributed by atoms with Crippen LogP contribution in [0.25, 0.3) is 0 Å². The largest absolute Gasteiger partial charge is 0.493 e. The molecule has 2 aromatic carbocycles. The van der Waals surface area contributed by atoms with Crippen molar-refractivity contribution in [2.75, 3.05) is 19.7 Å². The Kier molecular flexibility index (Phi) is 10.9. The van der Waals surface area contributed by atoms with Crippen LogP contribution in [0.2, 0.25) is 28.2 Å². The molecule has 5 rings (SSSR count). The fourth-order valence-corrected chi connectivity index (χ4v) is 13.1. The van der Waals surface area contributed by atoms with Gasteiger partial charge in [0.15, 0.2) is 8.24 Å². The van der Waals surface area contributed by atoms with Crippen LogP contribution < -0.4 is 4.74 Å². The lowest BCUT2D eigenvalue weighted by molar-refractivity contribution is 0.0913. The van der Waals surface area contributed by atoms with Crippen molar-refractivity contribution in [1.29, 1.82) is 4.78 Å². The molecule has 1 N–H and O–H groups in total. The van der Waals surface area contributed by atoms with Crippen molar-refractivity contribution < 1.29 is 13.7 Å². The van der Waals surface area contributed by atoms with E-state index in [4.69, 9.17) is 32.7 Å². The first-order chi connectivity index (χ1) is 20.1. The van der Waals surface area contributed by atoms with Crippen LogP contribution in [0.1, 0.15) is 99.7 Å². The van der Waals surface area contributed by atoms with E-state index in [1.807, 2.05) is 30.3 Å². The summed E-state index contributed by atoms with van der Waals surface area (Å²) in [6, 6.07) is 11.8. The molecule has 6 nitrogen and oxygen atoms in total. The van der Waals surface area contributed by atoms with Gasteiger partial charge < -0.3 is 4.74 Å². The highest BCUT2D eigenvalue weighted by Gasteiger charge is 2.52. The van der Waals surface area contributed by atoms with Gasteiger partial charge >= 0.3 is 0 Å². The topological polar surface area (TPSA) is 73.7 Å². The van der Waals surface area contributed by atoms with Crippen molar-refractivity contribution in [1.82, 2.24) is 8.87 Å². The van der Waals surface area contributed by atoms with E-state index in [2.05, 4.69) is 45.7 Å². The van der Waals surface area contributed by atoms with Gasteiger partial charge in [0, 0.05) is 21.7 Å². The van der Waals surface area contributed by atoms with Crippen LogP contribution in [0.15, 0.2) is 36.4 Å². The summed E-state index contributed by atoms with van der Waals surface area (Å²) in [6.07, 6.45) is 5.78. The molecule has 244 valence electrons. The molecule has 2 atom stereocenters. The lowest BCUT2D eigenvalue weighted by atomic mass is 9.95. The summed E-state index contributed by atoms with van der Waals surface area (Å²) in [5, 5.41) is 0.897. The van der Waals surface area contributed by atoms with Crippen LogP contribution in [0.5, 0.6) is 5.75 Å². The van der Waals surface area contributed by atoms with E-state index in [0.29, 0.717) is 34.1 Å². The Labute approximate surface area is 282 Å². The van der Waals surface area contributed by atoms with E-state index in [0.717, 1.165) is 68.5 Å². The smallest absolute Gasteiger partial charge is 0.258 e. The third-order valence-electron chi connectivity index (χ3n) is 10.1. The summed E-state index contributed by atoms with van der Waals surface area (Å²) >= 11 is 12.5. The Morgan fingerprint density at radius 2 is 1.64 bits per heavy atom. The molecule has 0 radical (unpaired) electrons. The molecule has 0 bridgehead atoms. The van der Waals surface area contributed by atoms with Gasteiger partial charge in [-0.1, -0.05) is 57.1 Å². The molecule has 2 aliphatic carbocycles. The van der Waals surface area contributed by atoms with Gasteiger partial charge in [0.25, 0.3) is 5.91 Å². The molecule has 44 heavy (non-hydrogen) atoms. The number of carbonyl (C=O) groups excluding carboxylic acids is 1. The van der Waals surface area contributed by atoms with E-state index in [-0.39, 0.29) is 35.7 Å². The molecule has 1 aliphatic heterocycles. The first-order valence-corrected chi connectivity index (χ1v) is 21.0. The zero-order valence-corrected chi connectivity index (χ0v) is 31.2. The molecule has 3 aliphatic rings. The maximum absolute atomic E-state index is 14.2. The average molecular weight is 699 g/mol. The number of rotatable bonds is 10. The second kappa shape index (κ2) is 13.5. The number of halogens is 2. The van der Waals surface area contributed by atoms with Crippen LogP contribution in [-0.4, -0.2) is 52.2 Å². The Bertz CT molecular complexity index is 1440. The van der Waals surface area contributed by atoms with Gasteiger partial charge in [0.05, 0.1) is 11.9 Å². The minimum atomic E-state index is -3.20. The van der Waals surface area contributed by atoms with Crippen LogP contribution in [0.3, 0.4) is 0 Å². The van der Waals surface area contributed by atoms with Gasteiger partial charge in [-0.2, -0.15) is 13.5 Å². The van der Waals surface area contributed by atoms with Crippen molar-refractivity contribution >= 4 is 60.8 Å². The summed E-state index contributed by atoms with van der Waals surface area (Å²) in [7, 11) is -5.79. The molecule has 0 spiro atoms. The van der Waals surface area contributed by atoms with Gasteiger partial charge in [-0.3, -0.25) is 13.7 Å². The number of piperidine rings is 1. The number of ether oxygens (including phenoxy) is 1. The Morgan fingerprint density at radius 3 is 2.16 bits per heavy atom. The lowest BCUT2D eigenvalue weighted by Crippen LogP contribution is -2.60. The first-order valence-electron chi connectivity index (χ1n) is 15.7. The summed E-state index contributed by atoms with van der Waals surface area (Å²) in [5.41, 5.74) is 2.75. The Morgan fingerprint density at radius 1 is 1.05 bits per heavy atom. The SMILES string of the molecule is C[C@@H](c1cc(Cl)cc(Cl)c1)N1CCC(COc2ccc(C(=O)N([Si](C)(C)C(C)(C)C)S(=N)(=O)C3CC3)cc2C2CC2)CC1.S. The molecule has 1 amide bonds. The van der Waals surface area contributed by atoms with E-state index < -0.39 is 18.2 Å². The number of hydrogen-bond acceptors (Lipinski definition) is 5. The second-order valence-electron chi connectivity index (χ2n) is 14.4. The zero-order chi connectivity index (χ0) is 31.3. The van der Waals surface area contributed by atoms with Crippen molar-refractivity contribution in [3.63, 3.8) is 0 Å². The molecule has 2 saturated carbocycles. The standard InChI is InChI=1S/C33H47Cl2N3O3SSi.H2S/c1-22(26-17-27(34)20-28(35)18-26)37-15-13-23(14-16-37)21-41-31-12-9-25(19-30(31)24-7-8-24)32(39)38(42(36,40)29-10-11-29)43(5,6)33(2,3)4;/h9,12,17-20,22-24,29,36H,7-8,10-11,13-16,21H2,1-6H3;1H2/t22-,42?;/m0./s1. The van der Waals surface area contributed by atoms with Crippen LogP contribution >= 0.6 is 36.7 Å². The molecule has 1 heterocycles. The van der Waals surface area contributed by atoms with Crippen molar-refractivity contribution in [2.24, 2.45) is 5.92 Å². The highest BCUT2D eigenvalue weighted by Crippen LogP contribution is 2.47. The Hall–Kier alpha value is -1.23.